The van der Waals surface area contributed by atoms with Gasteiger partial charge < -0.3 is 5.32 Å². The van der Waals surface area contributed by atoms with E-state index in [1.807, 2.05) is 0 Å². The molecule has 11 heteroatoms. The van der Waals surface area contributed by atoms with Gasteiger partial charge in [0.1, 0.15) is 15.7 Å². The van der Waals surface area contributed by atoms with Gasteiger partial charge >= 0.3 is 0 Å². The molecule has 0 atom stereocenters. The maximum atomic E-state index is 13.7. The zero-order valence-electron chi connectivity index (χ0n) is 17.7. The number of aliphatic imine (C=N–C) groups is 1. The maximum absolute atomic E-state index is 13.7. The highest BCUT2D eigenvalue weighted by Crippen LogP contribution is 2.27. The van der Waals surface area contributed by atoms with Crippen LogP contribution in [0.25, 0.3) is 0 Å². The molecule has 1 fully saturated rings. The summed E-state index contributed by atoms with van der Waals surface area (Å²) in [4.78, 5) is 17.1. The van der Waals surface area contributed by atoms with Crippen LogP contribution in [-0.2, 0) is 9.84 Å². The number of amides is 1. The molecule has 2 N–H and O–H groups in total. The molecular weight excluding hydrogens is 479 g/mol. The average molecular weight is 502 g/mol. The molecule has 0 aromatic heterocycles. The number of carbonyl (C=O) groups is 1. The Bertz CT molecular complexity index is 1150. The summed E-state index contributed by atoms with van der Waals surface area (Å²) < 4.78 is 63.6. The van der Waals surface area contributed by atoms with Gasteiger partial charge in [0.2, 0.25) is 5.96 Å². The summed E-state index contributed by atoms with van der Waals surface area (Å²) in [5.41, 5.74) is 0.104. The van der Waals surface area contributed by atoms with E-state index in [4.69, 9.17) is 11.6 Å². The lowest BCUT2D eigenvalue weighted by molar-refractivity contribution is 0.0976. The predicted molar refractivity (Wildman–Crippen MR) is 122 cm³/mol. The van der Waals surface area contributed by atoms with Crippen molar-refractivity contribution >= 4 is 39.0 Å². The van der Waals surface area contributed by atoms with Crippen molar-refractivity contribution in [2.24, 2.45) is 10.9 Å². The number of halogens is 4. The van der Waals surface area contributed by atoms with Crippen molar-refractivity contribution in [3.05, 3.63) is 64.4 Å². The standard InChI is InChI=1S/C22H23ClF3N3O3S/c1-33(31,32)12-13-2-5-17(6-3-13)27-22(28-18-10-15(23)9-16(24)11-18)29-21(30)14-4-7-19(25)20(26)8-14/h4,7-11,13,17H,2-3,5-6,12H2,1H3,(H2,27,28,29,30). The fraction of sp³-hybridized carbons (Fsp3) is 0.364. The third-order valence-corrected chi connectivity index (χ3v) is 6.50. The quantitative estimate of drug-likeness (QED) is 0.464. The largest absolute Gasteiger partial charge is 0.326 e. The summed E-state index contributed by atoms with van der Waals surface area (Å²) in [6.07, 6.45) is 3.69. The number of hydrogen-bond donors (Lipinski definition) is 2. The van der Waals surface area contributed by atoms with Gasteiger partial charge in [-0.2, -0.15) is 0 Å². The van der Waals surface area contributed by atoms with Crippen LogP contribution < -0.4 is 10.6 Å². The van der Waals surface area contributed by atoms with Gasteiger partial charge in [0.05, 0.1) is 11.8 Å². The average Bonchev–Trinajstić information content (AvgIpc) is 2.69. The lowest BCUT2D eigenvalue weighted by atomic mass is 9.87. The van der Waals surface area contributed by atoms with E-state index in [9.17, 15) is 26.4 Å². The Labute approximate surface area is 195 Å². The first kappa shape index (κ1) is 25.0. The number of benzene rings is 2. The first-order valence-corrected chi connectivity index (χ1v) is 12.7. The van der Waals surface area contributed by atoms with Crippen molar-refractivity contribution < 1.29 is 26.4 Å². The second kappa shape index (κ2) is 10.6. The molecular formula is C22H23ClF3N3O3S. The molecule has 6 nitrogen and oxygen atoms in total. The van der Waals surface area contributed by atoms with E-state index in [1.165, 1.54) is 12.3 Å². The Kier molecular flexibility index (Phi) is 8.01. The van der Waals surface area contributed by atoms with Crippen LogP contribution in [0.3, 0.4) is 0 Å². The zero-order valence-corrected chi connectivity index (χ0v) is 19.3. The SMILES string of the molecule is CS(=O)(=O)CC1CCC(N=C(NC(=O)c2ccc(F)c(F)c2)Nc2cc(F)cc(Cl)c2)CC1. The number of hydrogen-bond acceptors (Lipinski definition) is 4. The molecule has 3 rings (SSSR count). The number of nitrogens with one attached hydrogen (secondary N) is 2. The van der Waals surface area contributed by atoms with Gasteiger partial charge in [-0.05, 0) is 68.0 Å². The highest BCUT2D eigenvalue weighted by molar-refractivity contribution is 7.90. The van der Waals surface area contributed by atoms with Crippen LogP contribution in [0, 0.1) is 23.4 Å². The molecule has 2 aromatic carbocycles. The van der Waals surface area contributed by atoms with E-state index in [1.54, 1.807) is 0 Å². The van der Waals surface area contributed by atoms with E-state index >= 15 is 0 Å². The van der Waals surface area contributed by atoms with Crippen LogP contribution in [0.15, 0.2) is 41.4 Å². The number of anilines is 1. The van der Waals surface area contributed by atoms with Crippen LogP contribution in [0.1, 0.15) is 36.0 Å². The smallest absolute Gasteiger partial charge is 0.258 e. The van der Waals surface area contributed by atoms with Crippen LogP contribution in [0.2, 0.25) is 5.02 Å². The molecule has 0 spiro atoms. The number of rotatable bonds is 5. The van der Waals surface area contributed by atoms with Crippen molar-refractivity contribution in [1.29, 1.82) is 0 Å². The molecule has 0 radical (unpaired) electrons. The van der Waals surface area contributed by atoms with E-state index in [0.717, 1.165) is 30.3 Å². The Hall–Kier alpha value is -2.59. The van der Waals surface area contributed by atoms with E-state index < -0.39 is 33.2 Å². The van der Waals surface area contributed by atoms with Crippen molar-refractivity contribution in [3.8, 4) is 0 Å². The summed E-state index contributed by atoms with van der Waals surface area (Å²) in [7, 11) is -3.08. The molecule has 1 saturated carbocycles. The lowest BCUT2D eigenvalue weighted by Crippen LogP contribution is -2.37. The summed E-state index contributed by atoms with van der Waals surface area (Å²) in [5, 5.41) is 5.46. The highest BCUT2D eigenvalue weighted by atomic mass is 35.5. The highest BCUT2D eigenvalue weighted by Gasteiger charge is 2.24. The van der Waals surface area contributed by atoms with Crippen LogP contribution in [-0.4, -0.2) is 38.3 Å². The van der Waals surface area contributed by atoms with Gasteiger partial charge in [0.25, 0.3) is 5.91 Å². The number of sulfone groups is 1. The molecule has 0 bridgehead atoms. The van der Waals surface area contributed by atoms with E-state index in [-0.39, 0.29) is 39.9 Å². The maximum Gasteiger partial charge on any atom is 0.258 e. The Balaban J connectivity index is 1.79. The lowest BCUT2D eigenvalue weighted by Gasteiger charge is -2.26. The molecule has 1 aliphatic rings. The molecule has 1 amide bonds. The fourth-order valence-corrected chi connectivity index (χ4v) is 5.14. The minimum Gasteiger partial charge on any atom is -0.326 e. The molecule has 33 heavy (non-hydrogen) atoms. The van der Waals surface area contributed by atoms with Gasteiger partial charge in [-0.25, -0.2) is 26.6 Å². The Morgan fingerprint density at radius 3 is 2.36 bits per heavy atom. The third kappa shape index (κ3) is 7.75. The van der Waals surface area contributed by atoms with Gasteiger partial charge in [-0.3, -0.25) is 10.1 Å². The zero-order chi connectivity index (χ0) is 24.2. The minimum atomic E-state index is -3.08. The van der Waals surface area contributed by atoms with E-state index in [0.29, 0.717) is 25.7 Å². The normalized spacial score (nSPS) is 19.2. The third-order valence-electron chi connectivity index (χ3n) is 5.21. The summed E-state index contributed by atoms with van der Waals surface area (Å²) in [5.74, 6) is -3.46. The molecule has 0 unspecified atom stereocenters. The summed E-state index contributed by atoms with van der Waals surface area (Å²) in [6.45, 7) is 0. The van der Waals surface area contributed by atoms with Gasteiger partial charge in [0.15, 0.2) is 11.6 Å². The topological polar surface area (TPSA) is 87.6 Å². The first-order valence-electron chi connectivity index (χ1n) is 10.2. The minimum absolute atomic E-state index is 0.0158. The number of guanidine groups is 1. The van der Waals surface area contributed by atoms with Crippen LogP contribution in [0.4, 0.5) is 18.9 Å². The Morgan fingerprint density at radius 2 is 1.76 bits per heavy atom. The fourth-order valence-electron chi connectivity index (χ4n) is 3.73. The first-order chi connectivity index (χ1) is 15.5. The van der Waals surface area contributed by atoms with Crippen LogP contribution >= 0.6 is 11.6 Å². The van der Waals surface area contributed by atoms with E-state index in [2.05, 4.69) is 15.6 Å². The second-order valence-corrected chi connectivity index (χ2v) is 10.7. The summed E-state index contributed by atoms with van der Waals surface area (Å²) >= 11 is 5.89. The number of nitrogens with zero attached hydrogens (tertiary/aromatic N) is 1. The van der Waals surface area contributed by atoms with Gasteiger partial charge in [-0.1, -0.05) is 11.6 Å². The molecule has 0 heterocycles. The molecule has 0 aliphatic heterocycles. The van der Waals surface area contributed by atoms with Crippen molar-refractivity contribution in [3.63, 3.8) is 0 Å². The van der Waals surface area contributed by atoms with Crippen molar-refractivity contribution in [2.45, 2.75) is 31.7 Å². The molecule has 178 valence electrons. The molecule has 2 aromatic rings. The van der Waals surface area contributed by atoms with Crippen LogP contribution in [0.5, 0.6) is 0 Å². The predicted octanol–water partition coefficient (Wildman–Crippen LogP) is 4.56. The van der Waals surface area contributed by atoms with Crippen molar-refractivity contribution in [2.75, 3.05) is 17.3 Å². The second-order valence-electron chi connectivity index (χ2n) is 8.11. The van der Waals surface area contributed by atoms with Gasteiger partial charge in [0, 0.05) is 22.5 Å². The monoisotopic (exact) mass is 501 g/mol. The number of carbonyl (C=O) groups excluding carboxylic acids is 1. The van der Waals surface area contributed by atoms with Gasteiger partial charge in [-0.15, -0.1) is 0 Å². The molecule has 0 saturated heterocycles. The summed E-state index contributed by atoms with van der Waals surface area (Å²) in [6, 6.07) is 6.22. The molecule has 1 aliphatic carbocycles. The van der Waals surface area contributed by atoms with Crippen molar-refractivity contribution in [1.82, 2.24) is 5.32 Å². The Morgan fingerprint density at radius 1 is 1.06 bits per heavy atom.